The topological polar surface area (TPSA) is 41.6 Å². The summed E-state index contributed by atoms with van der Waals surface area (Å²) in [4.78, 5) is 14.1. The smallest absolute Gasteiger partial charge is 0.258 e. The number of nitrogens with one attached hydrogen (secondary N) is 1. The molecule has 24 heavy (non-hydrogen) atoms. The molecule has 0 aliphatic carbocycles. The predicted molar refractivity (Wildman–Crippen MR) is 97.1 cm³/mol. The second-order valence-electron chi connectivity index (χ2n) is 6.34. The van der Waals surface area contributed by atoms with Crippen LogP contribution in [-0.4, -0.2) is 31.5 Å². The third-order valence-electron chi connectivity index (χ3n) is 3.77. The van der Waals surface area contributed by atoms with Gasteiger partial charge in [-0.25, -0.2) is 0 Å². The maximum atomic E-state index is 12.0. The van der Waals surface area contributed by atoms with Crippen LogP contribution in [0.1, 0.15) is 22.3 Å². The molecule has 0 saturated heterocycles. The van der Waals surface area contributed by atoms with Gasteiger partial charge in [0.15, 0.2) is 6.61 Å². The second-order valence-corrected chi connectivity index (χ2v) is 6.34. The molecule has 0 saturated carbocycles. The number of amides is 1. The monoisotopic (exact) mass is 326 g/mol. The normalized spacial score (nSPS) is 10.7. The summed E-state index contributed by atoms with van der Waals surface area (Å²) in [6.45, 7) is 5.42. The van der Waals surface area contributed by atoms with Crippen LogP contribution < -0.4 is 10.1 Å². The number of carbonyl (C=O) groups is 1. The van der Waals surface area contributed by atoms with E-state index in [-0.39, 0.29) is 12.5 Å². The van der Waals surface area contributed by atoms with Gasteiger partial charge >= 0.3 is 0 Å². The molecule has 4 heteroatoms. The van der Waals surface area contributed by atoms with E-state index in [1.165, 1.54) is 5.56 Å². The minimum Gasteiger partial charge on any atom is -0.483 e. The van der Waals surface area contributed by atoms with Gasteiger partial charge in [0.25, 0.3) is 5.91 Å². The highest BCUT2D eigenvalue weighted by atomic mass is 16.5. The van der Waals surface area contributed by atoms with E-state index in [0.717, 1.165) is 29.0 Å². The number of para-hydroxylation sites is 1. The van der Waals surface area contributed by atoms with Crippen LogP contribution in [0.2, 0.25) is 0 Å². The van der Waals surface area contributed by atoms with Crippen molar-refractivity contribution in [3.05, 3.63) is 64.7 Å². The summed E-state index contributed by atoms with van der Waals surface area (Å²) in [7, 11) is 4.09. The van der Waals surface area contributed by atoms with Crippen LogP contribution in [0.15, 0.2) is 42.5 Å². The third-order valence-corrected chi connectivity index (χ3v) is 3.77. The van der Waals surface area contributed by atoms with Crippen molar-refractivity contribution in [2.45, 2.75) is 26.9 Å². The van der Waals surface area contributed by atoms with Gasteiger partial charge in [0.1, 0.15) is 5.75 Å². The molecule has 4 nitrogen and oxygen atoms in total. The molecule has 1 N–H and O–H groups in total. The zero-order valence-corrected chi connectivity index (χ0v) is 14.9. The Morgan fingerprint density at radius 1 is 1.00 bits per heavy atom. The zero-order valence-electron chi connectivity index (χ0n) is 14.9. The molecule has 0 aliphatic heterocycles. The average molecular weight is 326 g/mol. The fourth-order valence-electron chi connectivity index (χ4n) is 2.54. The predicted octanol–water partition coefficient (Wildman–Crippen LogP) is 3.06. The molecule has 0 radical (unpaired) electrons. The van der Waals surface area contributed by atoms with E-state index < -0.39 is 0 Å². The lowest BCUT2D eigenvalue weighted by atomic mass is 10.1. The fraction of sp³-hybridized carbons (Fsp3) is 0.350. The molecular formula is C20H26N2O2. The average Bonchev–Trinajstić information content (AvgIpc) is 2.53. The minimum absolute atomic E-state index is 0.0321. The molecule has 0 heterocycles. The van der Waals surface area contributed by atoms with Crippen LogP contribution >= 0.6 is 0 Å². The first-order valence-electron chi connectivity index (χ1n) is 8.14. The summed E-state index contributed by atoms with van der Waals surface area (Å²) >= 11 is 0. The number of hydrogen-bond donors (Lipinski definition) is 1. The maximum absolute atomic E-state index is 12.0. The van der Waals surface area contributed by atoms with Crippen LogP contribution in [0.3, 0.4) is 0 Å². The first kappa shape index (κ1) is 18.0. The van der Waals surface area contributed by atoms with Gasteiger partial charge in [0.05, 0.1) is 0 Å². The summed E-state index contributed by atoms with van der Waals surface area (Å²) in [5.41, 5.74) is 4.42. The van der Waals surface area contributed by atoms with Crippen molar-refractivity contribution in [1.29, 1.82) is 0 Å². The molecule has 0 bridgehead atoms. The number of benzene rings is 2. The Hall–Kier alpha value is -2.33. The maximum Gasteiger partial charge on any atom is 0.258 e. The highest BCUT2D eigenvalue weighted by molar-refractivity contribution is 5.77. The first-order valence-corrected chi connectivity index (χ1v) is 8.14. The van der Waals surface area contributed by atoms with Gasteiger partial charge in [0, 0.05) is 13.1 Å². The number of nitrogens with zero attached hydrogens (tertiary/aromatic N) is 1. The summed E-state index contributed by atoms with van der Waals surface area (Å²) in [5.74, 6) is 0.677. The van der Waals surface area contributed by atoms with Crippen molar-refractivity contribution in [2.75, 3.05) is 20.7 Å². The Balaban J connectivity index is 1.81. The van der Waals surface area contributed by atoms with Gasteiger partial charge in [-0.1, -0.05) is 42.5 Å². The SMILES string of the molecule is Cc1cccc(C)c1OCC(=O)NCc1ccc(CN(C)C)cc1. The van der Waals surface area contributed by atoms with E-state index in [4.69, 9.17) is 4.74 Å². The molecule has 0 unspecified atom stereocenters. The molecule has 0 aliphatic rings. The van der Waals surface area contributed by atoms with Crippen molar-refractivity contribution < 1.29 is 9.53 Å². The number of carbonyl (C=O) groups excluding carboxylic acids is 1. The molecule has 0 aromatic heterocycles. The van der Waals surface area contributed by atoms with E-state index in [2.05, 4.69) is 22.3 Å². The molecule has 2 rings (SSSR count). The van der Waals surface area contributed by atoms with Crippen LogP contribution in [0.4, 0.5) is 0 Å². The Kier molecular flexibility index (Phi) is 6.38. The van der Waals surface area contributed by atoms with Crippen LogP contribution in [-0.2, 0) is 17.9 Å². The standard InChI is InChI=1S/C20H26N2O2/c1-15-6-5-7-16(2)20(15)24-14-19(23)21-12-17-8-10-18(11-9-17)13-22(3)4/h5-11H,12-14H2,1-4H3,(H,21,23). The van der Waals surface area contributed by atoms with Crippen molar-refractivity contribution in [2.24, 2.45) is 0 Å². The van der Waals surface area contributed by atoms with E-state index in [1.807, 2.05) is 58.3 Å². The van der Waals surface area contributed by atoms with Gasteiger partial charge in [-0.15, -0.1) is 0 Å². The van der Waals surface area contributed by atoms with Crippen LogP contribution in [0.5, 0.6) is 5.75 Å². The highest BCUT2D eigenvalue weighted by Gasteiger charge is 2.07. The first-order chi connectivity index (χ1) is 11.5. The zero-order chi connectivity index (χ0) is 17.5. The third kappa shape index (κ3) is 5.39. The number of hydrogen-bond acceptors (Lipinski definition) is 3. The largest absolute Gasteiger partial charge is 0.483 e. The molecule has 2 aromatic carbocycles. The Morgan fingerprint density at radius 2 is 1.58 bits per heavy atom. The van der Waals surface area contributed by atoms with Gasteiger partial charge in [-0.05, 0) is 50.2 Å². The van der Waals surface area contributed by atoms with Crippen LogP contribution in [0, 0.1) is 13.8 Å². The summed E-state index contributed by atoms with van der Waals surface area (Å²) in [5, 5.41) is 2.89. The van der Waals surface area contributed by atoms with E-state index >= 15 is 0 Å². The van der Waals surface area contributed by atoms with Crippen molar-refractivity contribution in [3.63, 3.8) is 0 Å². The van der Waals surface area contributed by atoms with Gasteiger partial charge in [-0.2, -0.15) is 0 Å². The van der Waals surface area contributed by atoms with Crippen molar-refractivity contribution in [1.82, 2.24) is 10.2 Å². The summed E-state index contributed by atoms with van der Waals surface area (Å²) in [6.07, 6.45) is 0. The second kappa shape index (κ2) is 8.50. The molecular weight excluding hydrogens is 300 g/mol. The van der Waals surface area contributed by atoms with Crippen molar-refractivity contribution in [3.8, 4) is 5.75 Å². The Labute approximate surface area is 144 Å². The quantitative estimate of drug-likeness (QED) is 0.850. The lowest BCUT2D eigenvalue weighted by Gasteiger charge is -2.12. The fourth-order valence-corrected chi connectivity index (χ4v) is 2.54. The highest BCUT2D eigenvalue weighted by Crippen LogP contribution is 2.22. The molecule has 1 amide bonds. The molecule has 128 valence electrons. The molecule has 2 aromatic rings. The van der Waals surface area contributed by atoms with Gasteiger partial charge < -0.3 is 15.0 Å². The molecule has 0 fully saturated rings. The number of aryl methyl sites for hydroxylation is 2. The van der Waals surface area contributed by atoms with E-state index in [0.29, 0.717) is 6.54 Å². The van der Waals surface area contributed by atoms with Crippen molar-refractivity contribution >= 4 is 5.91 Å². The summed E-state index contributed by atoms with van der Waals surface area (Å²) < 4.78 is 5.66. The van der Waals surface area contributed by atoms with E-state index in [9.17, 15) is 4.79 Å². The number of rotatable bonds is 7. The van der Waals surface area contributed by atoms with Gasteiger partial charge in [-0.3, -0.25) is 4.79 Å². The number of ether oxygens (including phenoxy) is 1. The lowest BCUT2D eigenvalue weighted by molar-refractivity contribution is -0.123. The Bertz CT molecular complexity index is 658. The summed E-state index contributed by atoms with van der Waals surface area (Å²) in [6, 6.07) is 14.2. The van der Waals surface area contributed by atoms with Crippen LogP contribution in [0.25, 0.3) is 0 Å². The molecule has 0 spiro atoms. The minimum atomic E-state index is -0.116. The van der Waals surface area contributed by atoms with Gasteiger partial charge in [0.2, 0.25) is 0 Å². The lowest BCUT2D eigenvalue weighted by Crippen LogP contribution is -2.28. The van der Waals surface area contributed by atoms with E-state index in [1.54, 1.807) is 0 Å². The molecule has 0 atom stereocenters. The Morgan fingerprint density at radius 3 is 2.17 bits per heavy atom.